The van der Waals surface area contributed by atoms with Crippen LogP contribution in [-0.4, -0.2) is 11.6 Å². The summed E-state index contributed by atoms with van der Waals surface area (Å²) in [5.74, 6) is 0.533. The van der Waals surface area contributed by atoms with Gasteiger partial charge in [0, 0.05) is 12.1 Å². The number of ether oxygens (including phenoxy) is 1. The van der Waals surface area contributed by atoms with Crippen molar-refractivity contribution >= 4 is 11.3 Å². The molecule has 2 rings (SSSR count). The highest BCUT2D eigenvalue weighted by Crippen LogP contribution is 2.41. The number of epoxide rings is 1. The molecule has 1 unspecified atom stereocenters. The first kappa shape index (κ1) is 8.20. The van der Waals surface area contributed by atoms with E-state index in [1.54, 1.807) is 11.3 Å². The first-order valence-corrected chi connectivity index (χ1v) is 5.03. The fourth-order valence-corrected chi connectivity index (χ4v) is 2.06. The van der Waals surface area contributed by atoms with Gasteiger partial charge in [-0.1, -0.05) is 13.8 Å². The summed E-state index contributed by atoms with van der Waals surface area (Å²) >= 11 is 1.77. The molecule has 1 atom stereocenters. The summed E-state index contributed by atoms with van der Waals surface area (Å²) in [6.07, 6.45) is 1.95. The Labute approximate surface area is 76.6 Å². The third-order valence-corrected chi connectivity index (χ3v) is 3.66. The summed E-state index contributed by atoms with van der Waals surface area (Å²) in [6.45, 7) is 7.30. The van der Waals surface area contributed by atoms with Crippen LogP contribution in [0.25, 0.3) is 0 Å². The lowest BCUT2D eigenvalue weighted by atomic mass is 10.2. The molecule has 1 aromatic heterocycles. The Hall–Kier alpha value is -0.410. The van der Waals surface area contributed by atoms with Gasteiger partial charge in [-0.3, -0.25) is 0 Å². The molecule has 3 heteroatoms. The zero-order chi connectivity index (χ0) is 8.77. The molecule has 1 aliphatic heterocycles. The van der Waals surface area contributed by atoms with Crippen LogP contribution < -0.4 is 0 Å². The predicted molar refractivity (Wildman–Crippen MR) is 49.5 cm³/mol. The third kappa shape index (κ3) is 1.27. The van der Waals surface area contributed by atoms with Gasteiger partial charge in [-0.15, -0.1) is 11.3 Å². The Kier molecular flexibility index (Phi) is 1.73. The largest absolute Gasteiger partial charge is 0.364 e. The van der Waals surface area contributed by atoms with Crippen LogP contribution in [0.15, 0.2) is 6.20 Å². The van der Waals surface area contributed by atoms with Crippen molar-refractivity contribution in [3.05, 3.63) is 16.1 Å². The van der Waals surface area contributed by atoms with E-state index >= 15 is 0 Å². The van der Waals surface area contributed by atoms with Crippen LogP contribution in [-0.2, 0) is 10.3 Å². The van der Waals surface area contributed by atoms with Crippen molar-refractivity contribution in [1.82, 2.24) is 4.98 Å². The molecule has 2 nitrogen and oxygen atoms in total. The fraction of sp³-hybridized carbons (Fsp3) is 0.667. The van der Waals surface area contributed by atoms with Crippen LogP contribution >= 0.6 is 11.3 Å². The Morgan fingerprint density at radius 2 is 2.33 bits per heavy atom. The van der Waals surface area contributed by atoms with Gasteiger partial charge >= 0.3 is 0 Å². The zero-order valence-electron chi connectivity index (χ0n) is 7.63. The molecule has 1 aliphatic rings. The molecule has 0 bridgehead atoms. The highest BCUT2D eigenvalue weighted by Gasteiger charge is 2.42. The molecule has 0 saturated carbocycles. The zero-order valence-corrected chi connectivity index (χ0v) is 8.44. The standard InChI is InChI=1S/C9H13NOS/c1-6(2)8-10-4-7(12-8)9(3)5-11-9/h4,6H,5H2,1-3H3. The van der Waals surface area contributed by atoms with Crippen molar-refractivity contribution < 1.29 is 4.74 Å². The summed E-state index contributed by atoms with van der Waals surface area (Å²) in [4.78, 5) is 5.63. The van der Waals surface area contributed by atoms with Gasteiger partial charge in [0.25, 0.3) is 0 Å². The molecule has 1 aromatic rings. The van der Waals surface area contributed by atoms with E-state index < -0.39 is 0 Å². The monoisotopic (exact) mass is 183 g/mol. The molecular formula is C9H13NOS. The molecule has 1 saturated heterocycles. The van der Waals surface area contributed by atoms with E-state index in [0.717, 1.165) is 6.61 Å². The van der Waals surface area contributed by atoms with Gasteiger partial charge in [0.1, 0.15) is 5.60 Å². The van der Waals surface area contributed by atoms with Gasteiger partial charge in [-0.25, -0.2) is 4.98 Å². The molecule has 0 N–H and O–H groups in total. The number of aromatic nitrogens is 1. The van der Waals surface area contributed by atoms with Crippen molar-refractivity contribution in [1.29, 1.82) is 0 Å². The lowest BCUT2D eigenvalue weighted by Gasteiger charge is -1.98. The summed E-state index contributed by atoms with van der Waals surface area (Å²) in [5.41, 5.74) is 0.00477. The first-order valence-electron chi connectivity index (χ1n) is 4.22. The number of thiazole rings is 1. The van der Waals surface area contributed by atoms with Crippen LogP contribution in [0.4, 0.5) is 0 Å². The second-order valence-electron chi connectivity index (χ2n) is 3.74. The Morgan fingerprint density at radius 3 is 2.75 bits per heavy atom. The lowest BCUT2D eigenvalue weighted by Crippen LogP contribution is -1.97. The molecule has 0 amide bonds. The first-order chi connectivity index (χ1) is 5.62. The molecule has 1 fully saturated rings. The topological polar surface area (TPSA) is 25.4 Å². The van der Waals surface area contributed by atoms with E-state index in [1.165, 1.54) is 9.88 Å². The summed E-state index contributed by atoms with van der Waals surface area (Å²) in [7, 11) is 0. The molecular weight excluding hydrogens is 170 g/mol. The average molecular weight is 183 g/mol. The third-order valence-electron chi connectivity index (χ3n) is 2.12. The second kappa shape index (κ2) is 2.54. The van der Waals surface area contributed by atoms with Gasteiger partial charge in [0.2, 0.25) is 0 Å². The number of hydrogen-bond donors (Lipinski definition) is 0. The number of rotatable bonds is 2. The second-order valence-corrected chi connectivity index (χ2v) is 4.80. The summed E-state index contributed by atoms with van der Waals surface area (Å²) in [6, 6.07) is 0. The predicted octanol–water partition coefficient (Wildman–Crippen LogP) is 2.51. The van der Waals surface area contributed by atoms with Gasteiger partial charge in [0.15, 0.2) is 0 Å². The normalized spacial score (nSPS) is 28.0. The maximum atomic E-state index is 5.35. The molecule has 12 heavy (non-hydrogen) atoms. The molecule has 2 heterocycles. The summed E-state index contributed by atoms with van der Waals surface area (Å²) in [5, 5.41) is 1.21. The van der Waals surface area contributed by atoms with Gasteiger partial charge in [-0.05, 0) is 6.92 Å². The number of hydrogen-bond acceptors (Lipinski definition) is 3. The van der Waals surface area contributed by atoms with Crippen LogP contribution in [0, 0.1) is 0 Å². The van der Waals surface area contributed by atoms with E-state index in [-0.39, 0.29) is 5.60 Å². The van der Waals surface area contributed by atoms with Crippen LogP contribution in [0.1, 0.15) is 36.6 Å². The number of nitrogens with zero attached hydrogens (tertiary/aromatic N) is 1. The van der Waals surface area contributed by atoms with Crippen molar-refractivity contribution in [2.45, 2.75) is 32.3 Å². The summed E-state index contributed by atoms with van der Waals surface area (Å²) < 4.78 is 5.35. The smallest absolute Gasteiger partial charge is 0.124 e. The van der Waals surface area contributed by atoms with Crippen LogP contribution in [0.5, 0.6) is 0 Å². The van der Waals surface area contributed by atoms with Crippen molar-refractivity contribution in [2.75, 3.05) is 6.61 Å². The Bertz CT molecular complexity index is 288. The van der Waals surface area contributed by atoms with E-state index in [4.69, 9.17) is 4.74 Å². The van der Waals surface area contributed by atoms with Crippen molar-refractivity contribution in [3.63, 3.8) is 0 Å². The van der Waals surface area contributed by atoms with E-state index in [0.29, 0.717) is 5.92 Å². The van der Waals surface area contributed by atoms with Crippen molar-refractivity contribution in [2.24, 2.45) is 0 Å². The van der Waals surface area contributed by atoms with E-state index in [1.807, 2.05) is 6.20 Å². The SMILES string of the molecule is CC(C)c1ncc(C2(C)CO2)s1. The lowest BCUT2D eigenvalue weighted by molar-refractivity contribution is 0.333. The van der Waals surface area contributed by atoms with Crippen LogP contribution in [0.3, 0.4) is 0 Å². The van der Waals surface area contributed by atoms with E-state index in [9.17, 15) is 0 Å². The molecule has 0 spiro atoms. The Balaban J connectivity index is 2.25. The van der Waals surface area contributed by atoms with Crippen LogP contribution in [0.2, 0.25) is 0 Å². The maximum absolute atomic E-state index is 5.35. The minimum Gasteiger partial charge on any atom is -0.364 e. The molecule has 0 aliphatic carbocycles. The fourth-order valence-electron chi connectivity index (χ4n) is 1.05. The molecule has 0 aromatic carbocycles. The minimum absolute atomic E-state index is 0.00477. The minimum atomic E-state index is 0.00477. The highest BCUT2D eigenvalue weighted by atomic mass is 32.1. The maximum Gasteiger partial charge on any atom is 0.124 e. The molecule has 66 valence electrons. The molecule has 0 radical (unpaired) electrons. The average Bonchev–Trinajstić information content (AvgIpc) is 2.61. The van der Waals surface area contributed by atoms with Crippen molar-refractivity contribution in [3.8, 4) is 0 Å². The van der Waals surface area contributed by atoms with E-state index in [2.05, 4.69) is 25.8 Å². The van der Waals surface area contributed by atoms with Gasteiger partial charge in [0.05, 0.1) is 16.5 Å². The quantitative estimate of drug-likeness (QED) is 0.658. The Morgan fingerprint density at radius 1 is 1.67 bits per heavy atom. The highest BCUT2D eigenvalue weighted by molar-refractivity contribution is 7.11. The van der Waals surface area contributed by atoms with Gasteiger partial charge in [-0.2, -0.15) is 0 Å². The van der Waals surface area contributed by atoms with Gasteiger partial charge < -0.3 is 4.74 Å².